The van der Waals surface area contributed by atoms with Gasteiger partial charge in [-0.25, -0.2) is 19.2 Å². The number of rotatable bonds is 3. The Balaban J connectivity index is 2.39. The molecule has 0 saturated carbocycles. The van der Waals surface area contributed by atoms with E-state index in [0.717, 1.165) is 17.8 Å². The molecule has 5 nitrogen and oxygen atoms in total. The first-order valence-electron chi connectivity index (χ1n) is 5.46. The van der Waals surface area contributed by atoms with Crippen molar-refractivity contribution in [3.05, 3.63) is 47.0 Å². The summed E-state index contributed by atoms with van der Waals surface area (Å²) in [5.41, 5.74) is 0.728. The summed E-state index contributed by atoms with van der Waals surface area (Å²) in [6, 6.07) is 6.86. The molecule has 0 radical (unpaired) electrons. The zero-order valence-electron chi connectivity index (χ0n) is 10.3. The van der Waals surface area contributed by atoms with Crippen LogP contribution in [0.3, 0.4) is 0 Å². The second kappa shape index (κ2) is 5.67. The predicted molar refractivity (Wildman–Crippen MR) is 69.0 cm³/mol. The second-order valence-corrected chi connectivity index (χ2v) is 4.85. The van der Waals surface area contributed by atoms with E-state index < -0.39 is 11.8 Å². The van der Waals surface area contributed by atoms with Gasteiger partial charge in [0.05, 0.1) is 10.5 Å². The summed E-state index contributed by atoms with van der Waals surface area (Å²) in [4.78, 5) is 19.0. The van der Waals surface area contributed by atoms with Gasteiger partial charge in [0.15, 0.2) is 5.16 Å². The van der Waals surface area contributed by atoms with E-state index in [1.165, 1.54) is 18.2 Å². The standard InChI is InChI=1S/C13H8FN3O2S/c1-7-4-9(6-15)17-13(16-7)20-11-5-8(12(18)19)2-3-10(11)14/h2-5H,1H3,(H,18,19). The van der Waals surface area contributed by atoms with E-state index in [1.807, 2.05) is 6.07 Å². The van der Waals surface area contributed by atoms with Gasteiger partial charge in [0, 0.05) is 5.69 Å². The molecule has 0 aliphatic rings. The van der Waals surface area contributed by atoms with Gasteiger partial charge in [0.1, 0.15) is 17.6 Å². The minimum atomic E-state index is -1.14. The average Bonchev–Trinajstić information content (AvgIpc) is 2.40. The van der Waals surface area contributed by atoms with Crippen LogP contribution in [0.1, 0.15) is 21.7 Å². The topological polar surface area (TPSA) is 86.9 Å². The van der Waals surface area contributed by atoms with E-state index >= 15 is 0 Å². The molecular formula is C13H8FN3O2S. The molecule has 1 aromatic heterocycles. The minimum absolute atomic E-state index is 0.0259. The highest BCUT2D eigenvalue weighted by atomic mass is 32.2. The molecule has 2 aromatic rings. The predicted octanol–water partition coefficient (Wildman–Crippen LogP) is 2.65. The number of benzene rings is 1. The van der Waals surface area contributed by atoms with Crippen molar-refractivity contribution in [3.63, 3.8) is 0 Å². The van der Waals surface area contributed by atoms with Crippen molar-refractivity contribution in [2.45, 2.75) is 17.0 Å². The van der Waals surface area contributed by atoms with Crippen molar-refractivity contribution >= 4 is 17.7 Å². The minimum Gasteiger partial charge on any atom is -0.478 e. The van der Waals surface area contributed by atoms with Crippen LogP contribution in [0.2, 0.25) is 0 Å². The molecule has 20 heavy (non-hydrogen) atoms. The fraction of sp³-hybridized carbons (Fsp3) is 0.0769. The number of carboxylic acids is 1. The van der Waals surface area contributed by atoms with Gasteiger partial charge in [-0.2, -0.15) is 5.26 Å². The zero-order chi connectivity index (χ0) is 14.7. The Morgan fingerprint density at radius 2 is 2.15 bits per heavy atom. The molecule has 0 fully saturated rings. The van der Waals surface area contributed by atoms with Crippen LogP contribution in [0.15, 0.2) is 34.3 Å². The third kappa shape index (κ3) is 3.10. The number of hydrogen-bond acceptors (Lipinski definition) is 5. The Bertz CT molecular complexity index is 728. The number of halogens is 1. The van der Waals surface area contributed by atoms with Crippen LogP contribution in [0.4, 0.5) is 4.39 Å². The van der Waals surface area contributed by atoms with Crippen LogP contribution >= 0.6 is 11.8 Å². The lowest BCUT2D eigenvalue weighted by Crippen LogP contribution is -1.98. The van der Waals surface area contributed by atoms with Crippen LogP contribution in [-0.2, 0) is 0 Å². The van der Waals surface area contributed by atoms with E-state index in [4.69, 9.17) is 10.4 Å². The number of nitriles is 1. The lowest BCUT2D eigenvalue weighted by atomic mass is 10.2. The molecule has 0 atom stereocenters. The van der Waals surface area contributed by atoms with E-state index in [1.54, 1.807) is 6.92 Å². The fourth-order valence-electron chi connectivity index (χ4n) is 1.46. The number of carboxylic acid groups (broad SMARTS) is 1. The third-order valence-corrected chi connectivity index (χ3v) is 3.23. The highest BCUT2D eigenvalue weighted by molar-refractivity contribution is 7.99. The van der Waals surface area contributed by atoms with Crippen molar-refractivity contribution in [2.24, 2.45) is 0 Å². The molecule has 0 aliphatic carbocycles. The molecule has 0 amide bonds. The summed E-state index contributed by atoms with van der Waals surface area (Å²) in [6.45, 7) is 1.69. The van der Waals surface area contributed by atoms with Gasteiger partial charge >= 0.3 is 5.97 Å². The SMILES string of the molecule is Cc1cc(C#N)nc(Sc2cc(C(=O)O)ccc2F)n1. The second-order valence-electron chi connectivity index (χ2n) is 3.84. The Hall–Kier alpha value is -2.46. The Morgan fingerprint density at radius 3 is 2.80 bits per heavy atom. The molecule has 0 aliphatic heterocycles. The highest BCUT2D eigenvalue weighted by Gasteiger charge is 2.12. The quantitative estimate of drug-likeness (QED) is 0.874. The van der Waals surface area contributed by atoms with Crippen LogP contribution in [0.25, 0.3) is 0 Å². The van der Waals surface area contributed by atoms with Gasteiger partial charge in [-0.1, -0.05) is 0 Å². The first-order chi connectivity index (χ1) is 9.49. The first-order valence-corrected chi connectivity index (χ1v) is 6.27. The molecule has 100 valence electrons. The van der Waals surface area contributed by atoms with Crippen molar-refractivity contribution in [1.29, 1.82) is 5.26 Å². The summed E-state index contributed by atoms with van der Waals surface area (Å²) in [5, 5.41) is 17.9. The highest BCUT2D eigenvalue weighted by Crippen LogP contribution is 2.28. The van der Waals surface area contributed by atoms with Crippen molar-refractivity contribution in [2.75, 3.05) is 0 Å². The molecule has 0 bridgehead atoms. The van der Waals surface area contributed by atoms with Crippen LogP contribution in [0.5, 0.6) is 0 Å². The maximum Gasteiger partial charge on any atom is 0.335 e. The average molecular weight is 289 g/mol. The number of aromatic nitrogens is 2. The number of aromatic carboxylic acids is 1. The monoisotopic (exact) mass is 289 g/mol. The Labute approximate surface area is 118 Å². The number of hydrogen-bond donors (Lipinski definition) is 1. The van der Waals surface area contributed by atoms with E-state index in [0.29, 0.717) is 5.69 Å². The first kappa shape index (κ1) is 14.0. The van der Waals surface area contributed by atoms with Gasteiger partial charge in [-0.15, -0.1) is 0 Å². The van der Waals surface area contributed by atoms with E-state index in [2.05, 4.69) is 9.97 Å². The maximum absolute atomic E-state index is 13.7. The van der Waals surface area contributed by atoms with E-state index in [9.17, 15) is 9.18 Å². The number of carbonyl (C=O) groups is 1. The van der Waals surface area contributed by atoms with Crippen LogP contribution < -0.4 is 0 Å². The fourth-order valence-corrected chi connectivity index (χ4v) is 2.34. The molecule has 2 rings (SSSR count). The van der Waals surface area contributed by atoms with Crippen molar-refractivity contribution < 1.29 is 14.3 Å². The van der Waals surface area contributed by atoms with Crippen LogP contribution in [-0.4, -0.2) is 21.0 Å². The maximum atomic E-state index is 13.7. The largest absolute Gasteiger partial charge is 0.478 e. The Morgan fingerprint density at radius 1 is 1.40 bits per heavy atom. The lowest BCUT2D eigenvalue weighted by molar-refractivity contribution is 0.0696. The molecule has 1 heterocycles. The van der Waals surface area contributed by atoms with Crippen molar-refractivity contribution in [1.82, 2.24) is 9.97 Å². The summed E-state index contributed by atoms with van der Waals surface area (Å²) in [5.74, 6) is -1.71. The van der Waals surface area contributed by atoms with Gasteiger partial charge in [0.25, 0.3) is 0 Å². The Kier molecular flexibility index (Phi) is 3.96. The normalized spacial score (nSPS) is 10.1. The molecular weight excluding hydrogens is 281 g/mol. The van der Waals surface area contributed by atoms with Gasteiger partial charge in [0.2, 0.25) is 0 Å². The third-order valence-electron chi connectivity index (χ3n) is 2.33. The molecule has 7 heteroatoms. The van der Waals surface area contributed by atoms with Gasteiger partial charge < -0.3 is 5.11 Å². The zero-order valence-corrected chi connectivity index (χ0v) is 11.1. The lowest BCUT2D eigenvalue weighted by Gasteiger charge is -2.04. The molecule has 1 N–H and O–H groups in total. The number of nitrogens with zero attached hydrogens (tertiary/aromatic N) is 3. The summed E-state index contributed by atoms with van der Waals surface area (Å²) in [7, 11) is 0. The van der Waals surface area contributed by atoms with Gasteiger partial charge in [-0.3, -0.25) is 0 Å². The van der Waals surface area contributed by atoms with Crippen LogP contribution in [0, 0.1) is 24.1 Å². The summed E-state index contributed by atoms with van der Waals surface area (Å²) in [6.07, 6.45) is 0. The molecule has 1 aromatic carbocycles. The molecule has 0 unspecified atom stereocenters. The molecule has 0 spiro atoms. The number of aryl methyl sites for hydroxylation is 1. The van der Waals surface area contributed by atoms with Crippen molar-refractivity contribution in [3.8, 4) is 6.07 Å². The van der Waals surface area contributed by atoms with E-state index in [-0.39, 0.29) is 21.3 Å². The van der Waals surface area contributed by atoms with Gasteiger partial charge in [-0.05, 0) is 43.0 Å². The summed E-state index contributed by atoms with van der Waals surface area (Å²) < 4.78 is 13.7. The molecule has 0 saturated heterocycles. The smallest absolute Gasteiger partial charge is 0.335 e. The summed E-state index contributed by atoms with van der Waals surface area (Å²) >= 11 is 0.878.